The van der Waals surface area contributed by atoms with Crippen LogP contribution < -0.4 is 17.3 Å². The van der Waals surface area contributed by atoms with Crippen LogP contribution in [0.25, 0.3) is 5.70 Å². The fourth-order valence-corrected chi connectivity index (χ4v) is 5.43. The number of esters is 1. The zero-order valence-corrected chi connectivity index (χ0v) is 25.7. The summed E-state index contributed by atoms with van der Waals surface area (Å²) in [7, 11) is 0. The van der Waals surface area contributed by atoms with Crippen molar-refractivity contribution in [1.82, 2.24) is 5.01 Å². The number of carbonyl (C=O) groups is 2. The van der Waals surface area contributed by atoms with E-state index in [2.05, 4.69) is 9.98 Å². The Balaban J connectivity index is 2.18. The minimum absolute atomic E-state index is 0.0121. The number of hydrogen-bond donors (Lipinski definition) is 3. The van der Waals surface area contributed by atoms with Crippen LogP contribution in [0.4, 0.5) is 18.9 Å². The van der Waals surface area contributed by atoms with E-state index in [9.17, 15) is 22.8 Å². The van der Waals surface area contributed by atoms with Crippen LogP contribution in [0.3, 0.4) is 0 Å². The second kappa shape index (κ2) is 15.4. The van der Waals surface area contributed by atoms with E-state index in [1.54, 1.807) is 19.1 Å². The van der Waals surface area contributed by atoms with Crippen LogP contribution in [0, 0.1) is 35.2 Å². The number of amidine groups is 2. The highest BCUT2D eigenvalue weighted by Gasteiger charge is 2.48. The number of aliphatic imine (C=N–C) groups is 2. The summed E-state index contributed by atoms with van der Waals surface area (Å²) >= 11 is 12.6. The standard InChI is InChI=1S/C29H33Cl2F3N6O4/c1-14-18(13-44-16(3)42)8-20(29(38-15(2)35)39-25-11-19(30)4-5-21(25)31)28(43-7-6-41)27(14)40(37)12-24(36)17-9-22(32)26(34)23(33)10-17/h4-6,9-12,14,18,20,27-28H,7-8,13,36-37H2,1-3H3,(H2,35,38,39)/b24-12-. The van der Waals surface area contributed by atoms with Gasteiger partial charge in [0.15, 0.2) is 17.5 Å². The molecule has 0 bridgehead atoms. The van der Waals surface area contributed by atoms with Gasteiger partial charge in [-0.2, -0.15) is 0 Å². The number of benzene rings is 2. The number of nitrogens with two attached hydrogens (primary N) is 3. The molecule has 0 aliphatic heterocycles. The highest BCUT2D eigenvalue weighted by molar-refractivity contribution is 6.35. The molecule has 6 N–H and O–H groups in total. The Morgan fingerprint density at radius 2 is 1.80 bits per heavy atom. The second-order valence-electron chi connectivity index (χ2n) is 10.3. The minimum Gasteiger partial charge on any atom is -0.466 e. The number of rotatable bonds is 10. The van der Waals surface area contributed by atoms with Gasteiger partial charge in [-0.15, -0.1) is 0 Å². The SMILES string of the molecule is CC(=O)OCC1CC(C(N=C(C)N)=Nc2cc(Cl)ccc2Cl)C(OCC=O)C(N(N)/C=C(\N)c2cc(F)c(F)c(F)c2)C1C. The Morgan fingerprint density at radius 3 is 2.39 bits per heavy atom. The topological polar surface area (TPSA) is 159 Å². The van der Waals surface area contributed by atoms with Crippen LogP contribution in [-0.4, -0.2) is 54.3 Å². The van der Waals surface area contributed by atoms with Gasteiger partial charge in [-0.05, 0) is 55.5 Å². The molecule has 10 nitrogen and oxygen atoms in total. The number of halogens is 5. The summed E-state index contributed by atoms with van der Waals surface area (Å²) in [6, 6.07) is 5.33. The molecule has 1 fully saturated rings. The maximum absolute atomic E-state index is 13.9. The lowest BCUT2D eigenvalue weighted by Gasteiger charge is -2.48. The summed E-state index contributed by atoms with van der Waals surface area (Å²) in [4.78, 5) is 32.3. The fourth-order valence-electron chi connectivity index (χ4n) is 5.10. The van der Waals surface area contributed by atoms with Gasteiger partial charge < -0.3 is 30.7 Å². The molecule has 2 aromatic rings. The van der Waals surface area contributed by atoms with Crippen LogP contribution in [-0.2, 0) is 19.1 Å². The lowest BCUT2D eigenvalue weighted by atomic mass is 9.69. The third kappa shape index (κ3) is 8.72. The smallest absolute Gasteiger partial charge is 0.302 e. The molecule has 0 amide bonds. The maximum Gasteiger partial charge on any atom is 0.302 e. The van der Waals surface area contributed by atoms with Gasteiger partial charge in [-0.3, -0.25) is 4.79 Å². The number of carbonyl (C=O) groups excluding carboxylic acids is 2. The first-order valence-corrected chi connectivity index (χ1v) is 14.2. The van der Waals surface area contributed by atoms with Gasteiger partial charge >= 0.3 is 5.97 Å². The lowest BCUT2D eigenvalue weighted by molar-refractivity contribution is -0.146. The molecule has 238 valence electrons. The summed E-state index contributed by atoms with van der Waals surface area (Å²) in [6.45, 7) is 4.30. The van der Waals surface area contributed by atoms with Crippen molar-refractivity contribution in [2.75, 3.05) is 13.2 Å². The Morgan fingerprint density at radius 1 is 1.14 bits per heavy atom. The van der Waals surface area contributed by atoms with Gasteiger partial charge in [0, 0.05) is 29.6 Å². The fraction of sp³-hybridized carbons (Fsp3) is 0.379. The van der Waals surface area contributed by atoms with E-state index in [0.717, 1.165) is 12.1 Å². The number of hydrazine groups is 1. The molecular weight excluding hydrogens is 624 g/mol. The predicted molar refractivity (Wildman–Crippen MR) is 162 cm³/mol. The molecule has 5 atom stereocenters. The third-order valence-electron chi connectivity index (χ3n) is 7.14. The minimum atomic E-state index is -1.65. The third-order valence-corrected chi connectivity index (χ3v) is 7.70. The molecule has 0 radical (unpaired) electrons. The molecule has 1 saturated carbocycles. The maximum atomic E-state index is 13.9. The summed E-state index contributed by atoms with van der Waals surface area (Å²) < 4.78 is 52.8. The van der Waals surface area contributed by atoms with Crippen molar-refractivity contribution in [3.8, 4) is 0 Å². The zero-order valence-electron chi connectivity index (χ0n) is 24.1. The number of hydrogen-bond acceptors (Lipinski definition) is 8. The van der Waals surface area contributed by atoms with E-state index in [1.807, 2.05) is 6.92 Å². The normalized spacial score (nSPS) is 22.9. The van der Waals surface area contributed by atoms with Crippen LogP contribution >= 0.6 is 23.2 Å². The molecule has 15 heteroatoms. The van der Waals surface area contributed by atoms with Gasteiger partial charge in [0.05, 0.1) is 41.0 Å². The van der Waals surface area contributed by atoms with Crippen molar-refractivity contribution in [1.29, 1.82) is 0 Å². The number of nitrogens with zero attached hydrogens (tertiary/aromatic N) is 3. The molecular formula is C29H33Cl2F3N6O4. The van der Waals surface area contributed by atoms with Crippen molar-refractivity contribution < 1.29 is 32.2 Å². The molecule has 3 rings (SSSR count). The summed E-state index contributed by atoms with van der Waals surface area (Å²) in [6.07, 6.45) is 1.15. The second-order valence-corrected chi connectivity index (χ2v) is 11.2. The van der Waals surface area contributed by atoms with Crippen molar-refractivity contribution >= 4 is 58.5 Å². The summed E-state index contributed by atoms with van der Waals surface area (Å²) in [5.74, 6) is 0.353. The monoisotopic (exact) mass is 656 g/mol. The molecule has 2 aromatic carbocycles. The van der Waals surface area contributed by atoms with Crippen LogP contribution in [0.2, 0.25) is 10.0 Å². The van der Waals surface area contributed by atoms with Gasteiger partial charge in [0.25, 0.3) is 0 Å². The molecule has 1 aliphatic carbocycles. The van der Waals surface area contributed by atoms with E-state index in [-0.39, 0.29) is 52.8 Å². The van der Waals surface area contributed by atoms with E-state index < -0.39 is 47.4 Å². The van der Waals surface area contributed by atoms with Gasteiger partial charge in [-0.1, -0.05) is 30.1 Å². The summed E-state index contributed by atoms with van der Waals surface area (Å²) in [5, 5.41) is 1.80. The van der Waals surface area contributed by atoms with Crippen LogP contribution in [0.15, 0.2) is 46.5 Å². The molecule has 0 aromatic heterocycles. The van der Waals surface area contributed by atoms with Crippen molar-refractivity contribution in [3.05, 3.63) is 69.6 Å². The Hall–Kier alpha value is -3.65. The van der Waals surface area contributed by atoms with Crippen LogP contribution in [0.1, 0.15) is 32.8 Å². The quantitative estimate of drug-likeness (QED) is 0.0629. The van der Waals surface area contributed by atoms with Crippen molar-refractivity contribution in [3.63, 3.8) is 0 Å². The highest BCUT2D eigenvalue weighted by atomic mass is 35.5. The first-order chi connectivity index (χ1) is 20.7. The lowest BCUT2D eigenvalue weighted by Crippen LogP contribution is -2.59. The molecule has 1 aliphatic rings. The van der Waals surface area contributed by atoms with E-state index in [0.29, 0.717) is 17.7 Å². The largest absolute Gasteiger partial charge is 0.466 e. The van der Waals surface area contributed by atoms with Crippen LogP contribution in [0.5, 0.6) is 0 Å². The summed E-state index contributed by atoms with van der Waals surface area (Å²) in [5.41, 5.74) is 12.0. The van der Waals surface area contributed by atoms with Gasteiger partial charge in [-0.25, -0.2) is 29.0 Å². The van der Waals surface area contributed by atoms with Crippen molar-refractivity contribution in [2.45, 2.75) is 39.3 Å². The average molecular weight is 658 g/mol. The Kier molecular flexibility index (Phi) is 12.2. The Bertz CT molecular complexity index is 1450. The molecule has 0 heterocycles. The first-order valence-electron chi connectivity index (χ1n) is 13.4. The molecule has 0 spiro atoms. The van der Waals surface area contributed by atoms with Gasteiger partial charge in [0.1, 0.15) is 18.7 Å². The van der Waals surface area contributed by atoms with E-state index in [4.69, 9.17) is 50.0 Å². The average Bonchev–Trinajstić information content (AvgIpc) is 2.94. The number of aldehydes is 1. The van der Waals surface area contributed by atoms with E-state index >= 15 is 0 Å². The first kappa shape index (κ1) is 34.8. The Labute approximate surface area is 262 Å². The molecule has 0 saturated heterocycles. The number of ether oxygens (including phenoxy) is 2. The van der Waals surface area contributed by atoms with Crippen molar-refractivity contribution in [2.24, 2.45) is 45.0 Å². The van der Waals surface area contributed by atoms with E-state index in [1.165, 1.54) is 24.2 Å². The predicted octanol–water partition coefficient (Wildman–Crippen LogP) is 4.74. The van der Waals surface area contributed by atoms with Gasteiger partial charge in [0.2, 0.25) is 0 Å². The molecule has 5 unspecified atom stereocenters. The molecule has 44 heavy (non-hydrogen) atoms. The zero-order chi connectivity index (χ0) is 32.7. The highest BCUT2D eigenvalue weighted by Crippen LogP contribution is 2.41.